The van der Waals surface area contributed by atoms with Gasteiger partial charge in [0.2, 0.25) is 0 Å². The number of carbonyl (C=O) groups is 2. The molecule has 3 rings (SSSR count). The molecule has 0 aliphatic carbocycles. The van der Waals surface area contributed by atoms with Gasteiger partial charge >= 0.3 is 0 Å². The Bertz CT molecular complexity index is 1090. The van der Waals surface area contributed by atoms with Crippen LogP contribution in [-0.2, 0) is 4.79 Å². The molecule has 2 amide bonds. The summed E-state index contributed by atoms with van der Waals surface area (Å²) in [4.78, 5) is 29.8. The average molecular weight is 416 g/mol. The van der Waals surface area contributed by atoms with Gasteiger partial charge in [0.1, 0.15) is 23.2 Å². The number of amides is 2. The van der Waals surface area contributed by atoms with Crippen molar-refractivity contribution in [1.82, 2.24) is 10.6 Å². The van der Waals surface area contributed by atoms with E-state index in [-0.39, 0.29) is 17.2 Å². The minimum atomic E-state index is -0.473. The summed E-state index contributed by atoms with van der Waals surface area (Å²) < 4.78 is 5.11. The van der Waals surface area contributed by atoms with Gasteiger partial charge in [0.25, 0.3) is 11.8 Å². The fourth-order valence-corrected chi connectivity index (χ4v) is 3.11. The van der Waals surface area contributed by atoms with E-state index in [2.05, 4.69) is 29.5 Å². The Labute approximate surface area is 181 Å². The van der Waals surface area contributed by atoms with Gasteiger partial charge in [-0.2, -0.15) is 5.26 Å². The van der Waals surface area contributed by atoms with Gasteiger partial charge in [0, 0.05) is 23.2 Å². The highest BCUT2D eigenvalue weighted by atomic mass is 16.5. The van der Waals surface area contributed by atoms with Crippen molar-refractivity contribution in [1.29, 1.82) is 5.26 Å². The SMILES string of the molecule is COc1ccc(C(=O)NC2=N/C(=C(/C#N)C(=O)NCCC(C)C)c3ccccc32)cc1. The molecule has 0 saturated carbocycles. The number of carbonyl (C=O) groups excluding carboxylic acids is 2. The monoisotopic (exact) mass is 416 g/mol. The molecule has 1 aliphatic heterocycles. The van der Waals surface area contributed by atoms with Crippen molar-refractivity contribution in [2.45, 2.75) is 20.3 Å². The molecular weight excluding hydrogens is 392 g/mol. The lowest BCUT2D eigenvalue weighted by molar-refractivity contribution is -0.117. The Balaban J connectivity index is 1.89. The van der Waals surface area contributed by atoms with Crippen LogP contribution in [0.1, 0.15) is 41.8 Å². The Morgan fingerprint density at radius 2 is 1.77 bits per heavy atom. The van der Waals surface area contributed by atoms with Crippen LogP contribution in [0.3, 0.4) is 0 Å². The van der Waals surface area contributed by atoms with Crippen molar-refractivity contribution in [3.63, 3.8) is 0 Å². The molecule has 2 aromatic carbocycles. The number of methoxy groups -OCH3 is 1. The number of benzene rings is 2. The topological polar surface area (TPSA) is 104 Å². The summed E-state index contributed by atoms with van der Waals surface area (Å²) >= 11 is 0. The van der Waals surface area contributed by atoms with E-state index in [0.717, 1.165) is 6.42 Å². The van der Waals surface area contributed by atoms with Gasteiger partial charge in [-0.3, -0.25) is 9.59 Å². The molecule has 1 aliphatic rings. The number of nitrogens with one attached hydrogen (secondary N) is 2. The molecule has 0 atom stereocenters. The second kappa shape index (κ2) is 9.72. The van der Waals surface area contributed by atoms with E-state index in [0.29, 0.717) is 40.7 Å². The minimum Gasteiger partial charge on any atom is -0.497 e. The number of fused-ring (bicyclic) bond motifs is 1. The summed E-state index contributed by atoms with van der Waals surface area (Å²) in [5.41, 5.74) is 1.89. The van der Waals surface area contributed by atoms with E-state index < -0.39 is 5.91 Å². The highest BCUT2D eigenvalue weighted by Gasteiger charge is 2.27. The molecule has 0 unspecified atom stereocenters. The standard InChI is InChI=1S/C24H24N4O3/c1-15(2)12-13-26-24(30)20(14-25)21-18-6-4-5-7-19(18)22(27-21)28-23(29)16-8-10-17(31-3)11-9-16/h4-11,15H,12-13H2,1-3H3,(H,26,30)(H,27,28,29)/b21-20-. The maximum Gasteiger partial charge on any atom is 0.264 e. The Kier molecular flexibility index (Phi) is 6.83. The van der Waals surface area contributed by atoms with Crippen LogP contribution in [0.15, 0.2) is 59.1 Å². The number of rotatable bonds is 6. The summed E-state index contributed by atoms with van der Waals surface area (Å²) in [5, 5.41) is 15.2. The lowest BCUT2D eigenvalue weighted by Gasteiger charge is -2.07. The van der Waals surface area contributed by atoms with Crippen molar-refractivity contribution in [2.75, 3.05) is 13.7 Å². The van der Waals surface area contributed by atoms with E-state index in [9.17, 15) is 14.9 Å². The fourth-order valence-electron chi connectivity index (χ4n) is 3.11. The maximum absolute atomic E-state index is 12.7. The van der Waals surface area contributed by atoms with Crippen molar-refractivity contribution < 1.29 is 14.3 Å². The Morgan fingerprint density at radius 3 is 2.39 bits per heavy atom. The molecule has 2 N–H and O–H groups in total. The molecule has 2 aromatic rings. The smallest absolute Gasteiger partial charge is 0.264 e. The lowest BCUT2D eigenvalue weighted by atomic mass is 10.0. The second-order valence-corrected chi connectivity index (χ2v) is 7.46. The Hall–Kier alpha value is -3.92. The van der Waals surface area contributed by atoms with Crippen molar-refractivity contribution >= 4 is 23.3 Å². The van der Waals surface area contributed by atoms with Gasteiger partial charge in [0.15, 0.2) is 0 Å². The first-order valence-electron chi connectivity index (χ1n) is 10.0. The second-order valence-electron chi connectivity index (χ2n) is 7.46. The molecule has 0 bridgehead atoms. The summed E-state index contributed by atoms with van der Waals surface area (Å²) in [5.74, 6) is 0.557. The summed E-state index contributed by atoms with van der Waals surface area (Å²) in [6.45, 7) is 4.59. The molecule has 0 aromatic heterocycles. The van der Waals surface area contributed by atoms with Crippen molar-refractivity contribution in [3.8, 4) is 11.8 Å². The van der Waals surface area contributed by atoms with E-state index >= 15 is 0 Å². The third-order valence-electron chi connectivity index (χ3n) is 4.83. The van der Waals surface area contributed by atoms with Crippen molar-refractivity contribution in [3.05, 3.63) is 70.8 Å². The van der Waals surface area contributed by atoms with Crippen LogP contribution in [0, 0.1) is 17.2 Å². The van der Waals surface area contributed by atoms with Gasteiger partial charge in [-0.1, -0.05) is 38.1 Å². The zero-order chi connectivity index (χ0) is 22.4. The predicted molar refractivity (Wildman–Crippen MR) is 118 cm³/mol. The molecule has 0 radical (unpaired) electrons. The summed E-state index contributed by atoms with van der Waals surface area (Å²) in [7, 11) is 1.55. The number of ether oxygens (including phenoxy) is 1. The van der Waals surface area contributed by atoms with Crippen LogP contribution in [0.25, 0.3) is 5.70 Å². The Morgan fingerprint density at radius 1 is 1.10 bits per heavy atom. The summed E-state index contributed by atoms with van der Waals surface area (Å²) in [6, 6.07) is 15.8. The average Bonchev–Trinajstić information content (AvgIpc) is 3.12. The molecule has 158 valence electrons. The predicted octanol–water partition coefficient (Wildman–Crippen LogP) is 3.28. The zero-order valence-corrected chi connectivity index (χ0v) is 17.7. The number of aliphatic imine (C=N–C) groups is 1. The van der Waals surface area contributed by atoms with Crippen molar-refractivity contribution in [2.24, 2.45) is 10.9 Å². The van der Waals surface area contributed by atoms with Crippen LogP contribution < -0.4 is 15.4 Å². The number of amidine groups is 1. The van der Waals surface area contributed by atoms with Gasteiger partial charge in [-0.15, -0.1) is 0 Å². The molecular formula is C24H24N4O3. The largest absolute Gasteiger partial charge is 0.497 e. The van der Waals surface area contributed by atoms with Crippen LogP contribution in [0.5, 0.6) is 5.75 Å². The van der Waals surface area contributed by atoms with Crippen LogP contribution >= 0.6 is 0 Å². The normalized spacial score (nSPS) is 13.7. The first-order valence-corrected chi connectivity index (χ1v) is 10.0. The number of hydrogen-bond acceptors (Lipinski definition) is 5. The molecule has 0 fully saturated rings. The quantitative estimate of drug-likeness (QED) is 0.557. The number of hydrogen-bond donors (Lipinski definition) is 2. The van der Waals surface area contributed by atoms with E-state index in [1.807, 2.05) is 12.1 Å². The molecule has 0 spiro atoms. The molecule has 1 heterocycles. The molecule has 0 saturated heterocycles. The fraction of sp³-hybridized carbons (Fsp3) is 0.250. The highest BCUT2D eigenvalue weighted by molar-refractivity contribution is 6.20. The third kappa shape index (κ3) is 4.98. The lowest BCUT2D eigenvalue weighted by Crippen LogP contribution is -2.30. The summed E-state index contributed by atoms with van der Waals surface area (Å²) in [6.07, 6.45) is 0.808. The highest BCUT2D eigenvalue weighted by Crippen LogP contribution is 2.30. The van der Waals surface area contributed by atoms with Gasteiger partial charge < -0.3 is 15.4 Å². The van der Waals surface area contributed by atoms with Gasteiger partial charge in [0.05, 0.1) is 12.8 Å². The van der Waals surface area contributed by atoms with Crippen LogP contribution in [0.2, 0.25) is 0 Å². The first kappa shape index (κ1) is 21.8. The number of nitriles is 1. The molecule has 7 nitrogen and oxygen atoms in total. The number of nitrogens with zero attached hydrogens (tertiary/aromatic N) is 2. The zero-order valence-electron chi connectivity index (χ0n) is 17.7. The van der Waals surface area contributed by atoms with Gasteiger partial charge in [-0.05, 0) is 36.6 Å². The van der Waals surface area contributed by atoms with E-state index in [4.69, 9.17) is 4.74 Å². The van der Waals surface area contributed by atoms with E-state index in [1.54, 1.807) is 49.6 Å². The maximum atomic E-state index is 12.7. The van der Waals surface area contributed by atoms with Crippen LogP contribution in [-0.4, -0.2) is 31.3 Å². The molecule has 31 heavy (non-hydrogen) atoms. The van der Waals surface area contributed by atoms with Gasteiger partial charge in [-0.25, -0.2) is 4.99 Å². The van der Waals surface area contributed by atoms with Crippen LogP contribution in [0.4, 0.5) is 0 Å². The first-order chi connectivity index (χ1) is 14.9. The molecule has 7 heteroatoms. The minimum absolute atomic E-state index is 0.0788. The third-order valence-corrected chi connectivity index (χ3v) is 4.83. The van der Waals surface area contributed by atoms with E-state index in [1.165, 1.54) is 0 Å².